The molecular weight excluding hydrogens is 370 g/mol. The number of nitrogens with zero attached hydrogens (tertiary/aromatic N) is 6. The average Bonchev–Trinajstić information content (AvgIpc) is 3.45. The quantitative estimate of drug-likeness (QED) is 0.731. The highest BCUT2D eigenvalue weighted by molar-refractivity contribution is 7.88. The van der Waals surface area contributed by atoms with E-state index in [4.69, 9.17) is 4.98 Å². The van der Waals surface area contributed by atoms with Crippen LogP contribution < -0.4 is 0 Å². The molecule has 28 heavy (non-hydrogen) atoms. The summed E-state index contributed by atoms with van der Waals surface area (Å²) in [6, 6.07) is 2.07. The maximum atomic E-state index is 9.53. The van der Waals surface area contributed by atoms with Gasteiger partial charge in [0.05, 0.1) is 40.2 Å². The summed E-state index contributed by atoms with van der Waals surface area (Å²) < 4.78 is 11.8. The van der Waals surface area contributed by atoms with Crippen LogP contribution in [0, 0.1) is 10.5 Å². The van der Waals surface area contributed by atoms with E-state index in [9.17, 15) is 4.61 Å². The molecule has 0 spiro atoms. The number of hydrogen-bond donors (Lipinski definition) is 1. The molecule has 0 bridgehead atoms. The normalized spacial score (nSPS) is 23.8. The van der Waals surface area contributed by atoms with Gasteiger partial charge in [-0.15, -0.1) is 0 Å². The highest BCUT2D eigenvalue weighted by atomic mass is 32.1. The highest BCUT2D eigenvalue weighted by Crippen LogP contribution is 2.35. The molecule has 2 aliphatic heterocycles. The fourth-order valence-electron chi connectivity index (χ4n) is 4.72. The lowest BCUT2D eigenvalue weighted by molar-refractivity contribution is 0.155. The van der Waals surface area contributed by atoms with Gasteiger partial charge in [0.25, 0.3) is 0 Å². The van der Waals surface area contributed by atoms with Crippen LogP contribution >= 0.6 is 11.4 Å². The summed E-state index contributed by atoms with van der Waals surface area (Å²) in [5.74, 6) is 3.14. The molecule has 5 rings (SSSR count). The number of nitrogens with one attached hydrogen (secondary N) is 1. The highest BCUT2D eigenvalue weighted by Gasteiger charge is 2.33. The minimum Gasteiger partial charge on any atom is -0.358 e. The van der Waals surface area contributed by atoms with Gasteiger partial charge in [-0.1, -0.05) is 6.92 Å². The molecule has 0 radical (unpaired) electrons. The number of fused-ring (bicyclic) bond motifs is 3. The maximum Gasteiger partial charge on any atom is 0.154 e. The number of hydrogen-bond acceptors (Lipinski definition) is 5. The van der Waals surface area contributed by atoms with E-state index < -0.39 is 0 Å². The van der Waals surface area contributed by atoms with Crippen molar-refractivity contribution < 1.29 is 0 Å². The van der Waals surface area contributed by atoms with Crippen LogP contribution in [0.3, 0.4) is 0 Å². The Bertz CT molecular complexity index is 1070. The molecule has 0 amide bonds. The molecular formula is C20H25N7S. The molecule has 8 heteroatoms. The molecule has 146 valence electrons. The lowest BCUT2D eigenvalue weighted by Crippen LogP contribution is -2.42. The molecule has 2 saturated heterocycles. The number of aromatic amines is 1. The first-order valence-electron chi connectivity index (χ1n) is 10.1. The Morgan fingerprint density at radius 3 is 2.86 bits per heavy atom. The lowest BCUT2D eigenvalue weighted by atomic mass is 9.86. The van der Waals surface area contributed by atoms with E-state index in [2.05, 4.69) is 37.2 Å². The van der Waals surface area contributed by atoms with Gasteiger partial charge in [0.2, 0.25) is 0 Å². The lowest BCUT2D eigenvalue weighted by Gasteiger charge is -2.41. The number of piperidine rings is 1. The molecule has 5 heterocycles. The van der Waals surface area contributed by atoms with Crippen LogP contribution in [0.15, 0.2) is 35.9 Å². The molecule has 2 fully saturated rings. The SMILES string of the molecule is C[C@@H]1CCN(/C(=C/S#N)N2CCCC2)C[C@@H]1c1ncc2cnc3[nH]ccc3n12. The zero-order valence-electron chi connectivity index (χ0n) is 16.1. The van der Waals surface area contributed by atoms with Crippen molar-refractivity contribution >= 4 is 28.1 Å². The van der Waals surface area contributed by atoms with Crippen molar-refractivity contribution in [3.8, 4) is 0 Å². The van der Waals surface area contributed by atoms with Crippen molar-refractivity contribution in [2.45, 2.75) is 32.1 Å². The largest absolute Gasteiger partial charge is 0.358 e. The predicted octanol–water partition coefficient (Wildman–Crippen LogP) is 3.74. The smallest absolute Gasteiger partial charge is 0.154 e. The zero-order valence-corrected chi connectivity index (χ0v) is 16.9. The molecule has 7 nitrogen and oxygen atoms in total. The van der Waals surface area contributed by atoms with Gasteiger partial charge in [0, 0.05) is 38.3 Å². The van der Waals surface area contributed by atoms with Gasteiger partial charge in [-0.2, -0.15) is 4.61 Å². The second kappa shape index (κ2) is 7.11. The first-order chi connectivity index (χ1) is 13.8. The van der Waals surface area contributed by atoms with Crippen molar-refractivity contribution in [2.75, 3.05) is 26.2 Å². The average molecular weight is 396 g/mol. The molecule has 2 atom stereocenters. The van der Waals surface area contributed by atoms with Crippen molar-refractivity contribution in [2.24, 2.45) is 5.92 Å². The Labute approximate surface area is 168 Å². The summed E-state index contributed by atoms with van der Waals surface area (Å²) in [4.78, 5) is 17.4. The van der Waals surface area contributed by atoms with Crippen LogP contribution in [-0.2, 0) is 0 Å². The Morgan fingerprint density at radius 2 is 2.04 bits per heavy atom. The second-order valence-electron chi connectivity index (χ2n) is 7.94. The number of imidazole rings is 1. The van der Waals surface area contributed by atoms with Crippen LogP contribution in [0.1, 0.15) is 37.9 Å². The molecule has 0 saturated carbocycles. The Hall–Kier alpha value is -2.57. The third kappa shape index (κ3) is 2.84. The van der Waals surface area contributed by atoms with Gasteiger partial charge < -0.3 is 14.8 Å². The minimum atomic E-state index is 0.325. The molecule has 3 aromatic rings. The molecule has 0 aliphatic carbocycles. The summed E-state index contributed by atoms with van der Waals surface area (Å²) in [6.07, 6.45) is 9.32. The second-order valence-corrected chi connectivity index (χ2v) is 8.39. The fraction of sp³-hybridized carbons (Fsp3) is 0.500. The van der Waals surface area contributed by atoms with Crippen molar-refractivity contribution in [3.05, 3.63) is 41.7 Å². The fourth-order valence-corrected chi connectivity index (χ4v) is 5.11. The van der Waals surface area contributed by atoms with Gasteiger partial charge >= 0.3 is 0 Å². The van der Waals surface area contributed by atoms with E-state index in [0.29, 0.717) is 11.8 Å². The van der Waals surface area contributed by atoms with Crippen molar-refractivity contribution in [1.82, 2.24) is 29.2 Å². The van der Waals surface area contributed by atoms with Crippen molar-refractivity contribution in [3.63, 3.8) is 0 Å². The first kappa shape index (κ1) is 17.5. The first-order valence-corrected chi connectivity index (χ1v) is 10.9. The number of aromatic nitrogens is 4. The van der Waals surface area contributed by atoms with E-state index in [-0.39, 0.29) is 0 Å². The Kier molecular flexibility index (Phi) is 4.45. The third-order valence-electron chi connectivity index (χ3n) is 6.29. The molecule has 0 unspecified atom stereocenters. The van der Waals surface area contributed by atoms with Gasteiger partial charge in [-0.3, -0.25) is 4.40 Å². The third-order valence-corrected chi connectivity index (χ3v) is 6.61. The number of rotatable bonds is 3. The zero-order chi connectivity index (χ0) is 19.1. The van der Waals surface area contributed by atoms with Crippen LogP contribution in [0.5, 0.6) is 0 Å². The maximum absolute atomic E-state index is 9.53. The van der Waals surface area contributed by atoms with Gasteiger partial charge in [0.15, 0.2) is 5.65 Å². The standard InChI is InChI=1S/C20H25N7S/c1-14-5-9-26(18(13-28-21)25-7-2-3-8-25)12-16(14)20-24-11-15-10-23-19-17(27(15)20)4-6-22-19/h4,6,10-11,13-14,16,22H,2-3,5,7-9,12H2,1H3/b18-13+/t14-,16+/m1/s1. The van der Waals surface area contributed by atoms with E-state index in [1.54, 1.807) is 0 Å². The summed E-state index contributed by atoms with van der Waals surface area (Å²) >= 11 is 0.817. The Balaban J connectivity index is 1.53. The van der Waals surface area contributed by atoms with E-state index in [1.165, 1.54) is 12.8 Å². The molecule has 0 aromatic carbocycles. The van der Waals surface area contributed by atoms with Crippen LogP contribution in [0.4, 0.5) is 0 Å². The van der Waals surface area contributed by atoms with Crippen LogP contribution in [0.2, 0.25) is 0 Å². The summed E-state index contributed by atoms with van der Waals surface area (Å²) in [6.45, 7) is 6.41. The topological polar surface area (TPSA) is 76.2 Å². The summed E-state index contributed by atoms with van der Waals surface area (Å²) in [5, 5.41) is 1.90. The van der Waals surface area contributed by atoms with E-state index in [1.807, 2.05) is 24.0 Å². The molecule has 3 aromatic heterocycles. The van der Waals surface area contributed by atoms with Gasteiger partial charge in [-0.25, -0.2) is 9.97 Å². The number of likely N-dealkylation sites (tertiary alicyclic amines) is 2. The summed E-state index contributed by atoms with van der Waals surface area (Å²) in [5.41, 5.74) is 3.00. The van der Waals surface area contributed by atoms with Crippen LogP contribution in [-0.4, -0.2) is 55.3 Å². The predicted molar refractivity (Wildman–Crippen MR) is 111 cm³/mol. The Morgan fingerprint density at radius 1 is 1.21 bits per heavy atom. The van der Waals surface area contributed by atoms with Crippen molar-refractivity contribution in [1.29, 1.82) is 4.61 Å². The monoisotopic (exact) mass is 395 g/mol. The van der Waals surface area contributed by atoms with Crippen LogP contribution in [0.25, 0.3) is 16.7 Å². The van der Waals surface area contributed by atoms with Gasteiger partial charge in [-0.05, 0) is 31.2 Å². The molecule has 1 N–H and O–H groups in total. The minimum absolute atomic E-state index is 0.325. The van der Waals surface area contributed by atoms with Gasteiger partial charge in [0.1, 0.15) is 11.6 Å². The van der Waals surface area contributed by atoms with E-state index in [0.717, 1.165) is 72.3 Å². The van der Waals surface area contributed by atoms with E-state index >= 15 is 0 Å². The molecule has 2 aliphatic rings. The summed E-state index contributed by atoms with van der Waals surface area (Å²) in [7, 11) is 0. The number of H-pyrrole nitrogens is 1.